The number of pyridine rings is 2. The van der Waals surface area contributed by atoms with Gasteiger partial charge in [0.2, 0.25) is 0 Å². The zero-order chi connectivity index (χ0) is 14.7. The topological polar surface area (TPSA) is 92.9 Å². The van der Waals surface area contributed by atoms with E-state index in [1.165, 1.54) is 6.20 Å². The number of nitrogen functional groups attached to an aromatic ring is 1. The molecule has 1 aromatic carbocycles. The van der Waals surface area contributed by atoms with Gasteiger partial charge in [0.15, 0.2) is 0 Å². The Morgan fingerprint density at radius 3 is 2.81 bits per heavy atom. The summed E-state index contributed by atoms with van der Waals surface area (Å²) in [6.45, 7) is 0. The molecule has 0 aliphatic carbocycles. The van der Waals surface area contributed by atoms with Crippen molar-refractivity contribution >= 4 is 28.2 Å². The van der Waals surface area contributed by atoms with Gasteiger partial charge in [-0.2, -0.15) is 0 Å². The fourth-order valence-corrected chi connectivity index (χ4v) is 2.04. The lowest BCUT2D eigenvalue weighted by molar-refractivity contribution is 0.102. The lowest BCUT2D eigenvalue weighted by atomic mass is 10.2. The summed E-state index contributed by atoms with van der Waals surface area (Å²) in [4.78, 5) is 20.6. The second kappa shape index (κ2) is 5.56. The number of rotatable bonds is 3. The molecular formula is C15H13N5O. The Morgan fingerprint density at radius 2 is 1.95 bits per heavy atom. The molecule has 2 aromatic heterocycles. The van der Waals surface area contributed by atoms with Crippen LogP contribution in [0.25, 0.3) is 10.9 Å². The molecule has 0 bridgehead atoms. The minimum atomic E-state index is -0.302. The van der Waals surface area contributed by atoms with Gasteiger partial charge in [0, 0.05) is 17.8 Å². The van der Waals surface area contributed by atoms with E-state index < -0.39 is 0 Å². The third kappa shape index (κ3) is 2.65. The number of anilines is 2. The first-order valence-electron chi connectivity index (χ1n) is 6.36. The maximum absolute atomic E-state index is 12.3. The summed E-state index contributed by atoms with van der Waals surface area (Å²) in [6.07, 6.45) is 3.24. The number of hydrogen-bond acceptors (Lipinski definition) is 5. The number of nitrogens with one attached hydrogen (secondary N) is 2. The van der Waals surface area contributed by atoms with Gasteiger partial charge in [-0.3, -0.25) is 20.6 Å². The summed E-state index contributed by atoms with van der Waals surface area (Å²) in [5, 5.41) is 3.72. The molecule has 0 spiro atoms. The van der Waals surface area contributed by atoms with Gasteiger partial charge in [-0.15, -0.1) is 0 Å². The van der Waals surface area contributed by atoms with Crippen LogP contribution in [0, 0.1) is 0 Å². The minimum absolute atomic E-state index is 0.284. The van der Waals surface area contributed by atoms with Crippen LogP contribution in [0.1, 0.15) is 10.5 Å². The molecular weight excluding hydrogens is 266 g/mol. The van der Waals surface area contributed by atoms with E-state index in [-0.39, 0.29) is 11.6 Å². The number of fused-ring (bicyclic) bond motifs is 1. The van der Waals surface area contributed by atoms with Crippen LogP contribution >= 0.6 is 0 Å². The van der Waals surface area contributed by atoms with E-state index in [1.54, 1.807) is 18.3 Å². The second-order valence-corrected chi connectivity index (χ2v) is 4.40. The maximum atomic E-state index is 12.3. The quantitative estimate of drug-likeness (QED) is 0.504. The van der Waals surface area contributed by atoms with Crippen LogP contribution in [0.2, 0.25) is 0 Å². The molecule has 0 unspecified atom stereocenters. The van der Waals surface area contributed by atoms with Crippen molar-refractivity contribution in [2.75, 3.05) is 10.7 Å². The van der Waals surface area contributed by atoms with E-state index in [0.717, 1.165) is 10.9 Å². The number of amides is 1. The number of aromatic nitrogens is 2. The van der Waals surface area contributed by atoms with Gasteiger partial charge < -0.3 is 10.7 Å². The molecule has 0 saturated carbocycles. The molecule has 0 aliphatic heterocycles. The van der Waals surface area contributed by atoms with Gasteiger partial charge in [-0.25, -0.2) is 0 Å². The highest BCUT2D eigenvalue weighted by molar-refractivity contribution is 6.07. The van der Waals surface area contributed by atoms with E-state index in [4.69, 9.17) is 5.84 Å². The first-order valence-corrected chi connectivity index (χ1v) is 6.36. The summed E-state index contributed by atoms with van der Waals surface area (Å²) in [6, 6.07) is 12.6. The van der Waals surface area contributed by atoms with Gasteiger partial charge in [0.1, 0.15) is 5.69 Å². The summed E-state index contributed by atoms with van der Waals surface area (Å²) < 4.78 is 0. The average Bonchev–Trinajstić information content (AvgIpc) is 2.55. The normalized spacial score (nSPS) is 10.3. The third-order valence-electron chi connectivity index (χ3n) is 3.05. The van der Waals surface area contributed by atoms with Crippen LogP contribution < -0.4 is 16.6 Å². The molecule has 0 radical (unpaired) electrons. The Balaban J connectivity index is 1.93. The maximum Gasteiger partial charge on any atom is 0.274 e. The second-order valence-electron chi connectivity index (χ2n) is 4.40. The third-order valence-corrected chi connectivity index (χ3v) is 3.05. The van der Waals surface area contributed by atoms with Crippen LogP contribution in [0.4, 0.5) is 11.4 Å². The van der Waals surface area contributed by atoms with E-state index in [1.807, 2.05) is 30.3 Å². The van der Waals surface area contributed by atoms with Crippen molar-refractivity contribution in [1.29, 1.82) is 0 Å². The van der Waals surface area contributed by atoms with E-state index in [9.17, 15) is 4.79 Å². The minimum Gasteiger partial charge on any atom is -0.324 e. The molecule has 104 valence electrons. The molecule has 0 saturated heterocycles. The van der Waals surface area contributed by atoms with Gasteiger partial charge in [-0.05, 0) is 36.4 Å². The lowest BCUT2D eigenvalue weighted by Crippen LogP contribution is -2.15. The van der Waals surface area contributed by atoms with Crippen molar-refractivity contribution in [2.24, 2.45) is 5.84 Å². The Kier molecular flexibility index (Phi) is 3.44. The highest BCUT2D eigenvalue weighted by Gasteiger charge is 2.10. The first kappa shape index (κ1) is 13.0. The Morgan fingerprint density at radius 1 is 1.05 bits per heavy atom. The van der Waals surface area contributed by atoms with Crippen molar-refractivity contribution < 1.29 is 4.79 Å². The predicted octanol–water partition coefficient (Wildman–Crippen LogP) is 2.17. The molecule has 0 fully saturated rings. The Bertz CT molecular complexity index is 797. The number of carbonyl (C=O) groups is 1. The van der Waals surface area contributed by atoms with Crippen molar-refractivity contribution in [3.05, 3.63) is 60.6 Å². The smallest absolute Gasteiger partial charge is 0.274 e. The Hall–Kier alpha value is -2.99. The first-order chi connectivity index (χ1) is 10.3. The lowest BCUT2D eigenvalue weighted by Gasteiger charge is -2.08. The number of nitrogens with two attached hydrogens (primary N) is 1. The zero-order valence-corrected chi connectivity index (χ0v) is 11.1. The number of nitrogens with zero attached hydrogens (tertiary/aromatic N) is 2. The van der Waals surface area contributed by atoms with Gasteiger partial charge in [-0.1, -0.05) is 6.07 Å². The average molecular weight is 279 g/mol. The summed E-state index contributed by atoms with van der Waals surface area (Å²) in [5.74, 6) is 5.03. The summed E-state index contributed by atoms with van der Waals surface area (Å²) >= 11 is 0. The van der Waals surface area contributed by atoms with E-state index in [2.05, 4.69) is 20.7 Å². The fourth-order valence-electron chi connectivity index (χ4n) is 2.04. The number of benzene rings is 1. The Labute approximate surface area is 121 Å². The summed E-state index contributed by atoms with van der Waals surface area (Å²) in [5.41, 5.74) is 4.90. The molecule has 6 nitrogen and oxygen atoms in total. The van der Waals surface area contributed by atoms with E-state index >= 15 is 0 Å². The standard InChI is InChI=1S/C15H13N5O/c16-20-10-6-8-18-14(9-10)15(21)19-13-5-1-4-12-11(13)3-2-7-17-12/h1-9H,16H2,(H,18,20)(H,19,21). The molecule has 0 aliphatic rings. The highest BCUT2D eigenvalue weighted by Crippen LogP contribution is 2.21. The van der Waals surface area contributed by atoms with Crippen LogP contribution in [-0.2, 0) is 0 Å². The number of carbonyl (C=O) groups excluding carboxylic acids is 1. The molecule has 3 rings (SSSR count). The predicted molar refractivity (Wildman–Crippen MR) is 81.7 cm³/mol. The molecule has 6 heteroatoms. The van der Waals surface area contributed by atoms with Crippen LogP contribution in [0.5, 0.6) is 0 Å². The van der Waals surface area contributed by atoms with Crippen molar-refractivity contribution in [2.45, 2.75) is 0 Å². The largest absolute Gasteiger partial charge is 0.324 e. The molecule has 4 N–H and O–H groups in total. The molecule has 1 amide bonds. The SMILES string of the molecule is NNc1ccnc(C(=O)Nc2cccc3ncccc23)c1. The summed E-state index contributed by atoms with van der Waals surface area (Å²) in [7, 11) is 0. The van der Waals surface area contributed by atoms with Crippen molar-refractivity contribution in [3.63, 3.8) is 0 Å². The zero-order valence-electron chi connectivity index (χ0n) is 11.1. The molecule has 2 heterocycles. The van der Waals surface area contributed by atoms with E-state index in [0.29, 0.717) is 11.4 Å². The number of hydrogen-bond donors (Lipinski definition) is 3. The fraction of sp³-hybridized carbons (Fsp3) is 0. The van der Waals surface area contributed by atoms with Gasteiger partial charge >= 0.3 is 0 Å². The molecule has 3 aromatic rings. The molecule has 21 heavy (non-hydrogen) atoms. The van der Waals surface area contributed by atoms with Gasteiger partial charge in [0.05, 0.1) is 16.9 Å². The monoisotopic (exact) mass is 279 g/mol. The van der Waals surface area contributed by atoms with Crippen LogP contribution in [-0.4, -0.2) is 15.9 Å². The van der Waals surface area contributed by atoms with Crippen LogP contribution in [0.3, 0.4) is 0 Å². The highest BCUT2D eigenvalue weighted by atomic mass is 16.1. The molecule has 0 atom stereocenters. The van der Waals surface area contributed by atoms with Gasteiger partial charge in [0.25, 0.3) is 5.91 Å². The van der Waals surface area contributed by atoms with Crippen molar-refractivity contribution in [1.82, 2.24) is 9.97 Å². The van der Waals surface area contributed by atoms with Crippen molar-refractivity contribution in [3.8, 4) is 0 Å². The van der Waals surface area contributed by atoms with Crippen LogP contribution in [0.15, 0.2) is 54.9 Å². The number of hydrazine groups is 1.